The molecule has 1 heterocycles. The zero-order chi connectivity index (χ0) is 18.7. The number of nitrogens with zero attached hydrogens (tertiary/aromatic N) is 2. The molecular weight excluding hydrogens is 345 g/mol. The quantitative estimate of drug-likeness (QED) is 0.587. The van der Waals surface area contributed by atoms with Crippen LogP contribution in [0.25, 0.3) is 0 Å². The average Bonchev–Trinajstić information content (AvgIpc) is 2.60. The van der Waals surface area contributed by atoms with Crippen molar-refractivity contribution >= 4 is 5.97 Å². The summed E-state index contributed by atoms with van der Waals surface area (Å²) in [6, 6.07) is 0.922. The molecule has 1 aromatic heterocycles. The molecule has 138 valence electrons. The van der Waals surface area contributed by atoms with Crippen LogP contribution in [-0.2, 0) is 9.53 Å². The van der Waals surface area contributed by atoms with E-state index in [1.54, 1.807) is 0 Å². The molecule has 1 aliphatic carbocycles. The second-order valence-corrected chi connectivity index (χ2v) is 5.20. The van der Waals surface area contributed by atoms with Gasteiger partial charge in [0.2, 0.25) is 17.2 Å². The highest BCUT2D eigenvalue weighted by Gasteiger charge is 2.66. The van der Waals surface area contributed by atoms with Crippen molar-refractivity contribution in [3.05, 3.63) is 18.2 Å². The number of esters is 1. The molecule has 0 amide bonds. The highest BCUT2D eigenvalue weighted by molar-refractivity contribution is 5.79. The third kappa shape index (κ3) is 3.47. The molecule has 0 spiro atoms. The Morgan fingerprint density at radius 2 is 1.80 bits per heavy atom. The summed E-state index contributed by atoms with van der Waals surface area (Å²) in [5, 5.41) is 0. The molecule has 0 N–H and O–H groups in total. The zero-order valence-electron chi connectivity index (χ0n) is 13.8. The minimum Gasteiger partial charge on any atom is -0.481 e. The number of hydrogen-bond donors (Lipinski definition) is 0. The number of allylic oxidation sites excluding steroid dienone is 1. The lowest BCUT2D eigenvalue weighted by Gasteiger charge is -2.39. The Balaban J connectivity index is 2.46. The van der Waals surface area contributed by atoms with Crippen LogP contribution in [0.15, 0.2) is 18.2 Å². The van der Waals surface area contributed by atoms with Crippen molar-refractivity contribution in [3.63, 3.8) is 0 Å². The number of halogens is 3. The smallest absolute Gasteiger partial charge is 0.408 e. The second kappa shape index (κ2) is 7.16. The van der Waals surface area contributed by atoms with Gasteiger partial charge in [-0.1, -0.05) is 6.08 Å². The maximum atomic E-state index is 13.8. The molecular formula is C15H17F3N2O5. The minimum atomic E-state index is -4.89. The highest BCUT2D eigenvalue weighted by Crippen LogP contribution is 2.49. The van der Waals surface area contributed by atoms with Crippen molar-refractivity contribution in [2.45, 2.75) is 25.1 Å². The summed E-state index contributed by atoms with van der Waals surface area (Å²) in [5.41, 5.74) is -2.85. The lowest BCUT2D eigenvalue weighted by atomic mass is 9.74. The summed E-state index contributed by atoms with van der Waals surface area (Å²) in [7, 11) is 3.54. The van der Waals surface area contributed by atoms with Crippen LogP contribution in [0.1, 0.15) is 12.8 Å². The van der Waals surface area contributed by atoms with Gasteiger partial charge in [0.05, 0.1) is 27.4 Å². The maximum Gasteiger partial charge on any atom is 0.408 e. The van der Waals surface area contributed by atoms with Crippen LogP contribution >= 0.6 is 0 Å². The number of carbonyl (C=O) groups excluding carboxylic acids is 1. The highest BCUT2D eigenvalue weighted by atomic mass is 19.4. The molecule has 7 nitrogen and oxygen atoms in total. The van der Waals surface area contributed by atoms with Crippen molar-refractivity contribution in [1.29, 1.82) is 0 Å². The van der Waals surface area contributed by atoms with Crippen LogP contribution in [0.2, 0.25) is 0 Å². The molecule has 0 saturated heterocycles. The van der Waals surface area contributed by atoms with E-state index in [2.05, 4.69) is 14.7 Å². The molecule has 25 heavy (non-hydrogen) atoms. The summed E-state index contributed by atoms with van der Waals surface area (Å²) in [6.45, 7) is 0. The summed E-state index contributed by atoms with van der Waals surface area (Å²) in [5.74, 6) is -1.35. The average molecular weight is 362 g/mol. The lowest BCUT2D eigenvalue weighted by molar-refractivity contribution is -0.252. The first-order chi connectivity index (χ1) is 11.8. The molecule has 2 unspecified atom stereocenters. The van der Waals surface area contributed by atoms with Gasteiger partial charge in [0.1, 0.15) is 6.10 Å². The van der Waals surface area contributed by atoms with Gasteiger partial charge in [-0.3, -0.25) is 4.79 Å². The van der Waals surface area contributed by atoms with Gasteiger partial charge in [-0.05, 0) is 18.9 Å². The molecule has 1 aliphatic rings. The van der Waals surface area contributed by atoms with Crippen LogP contribution in [0.5, 0.6) is 17.8 Å². The third-order valence-electron chi connectivity index (χ3n) is 3.87. The molecule has 1 aromatic rings. The van der Waals surface area contributed by atoms with E-state index in [-0.39, 0.29) is 18.2 Å². The SMILES string of the molecule is COC(=O)C1(C(F)(F)F)CCC=CC1Oc1nc(OC)cc(OC)n1. The van der Waals surface area contributed by atoms with Crippen LogP contribution in [0.3, 0.4) is 0 Å². The first-order valence-corrected chi connectivity index (χ1v) is 7.24. The van der Waals surface area contributed by atoms with Gasteiger partial charge >= 0.3 is 18.2 Å². The fraction of sp³-hybridized carbons (Fsp3) is 0.533. The number of aromatic nitrogens is 2. The van der Waals surface area contributed by atoms with E-state index in [4.69, 9.17) is 14.2 Å². The number of alkyl halides is 3. The molecule has 0 aromatic carbocycles. The van der Waals surface area contributed by atoms with E-state index in [0.29, 0.717) is 0 Å². The standard InChI is InChI=1S/C15H17F3N2O5/c1-22-10-8-11(23-2)20-13(19-10)25-9-6-4-5-7-14(9,12(21)24-3)15(16,17)18/h4,6,8-9H,5,7H2,1-3H3. The lowest BCUT2D eigenvalue weighted by Crippen LogP contribution is -2.56. The van der Waals surface area contributed by atoms with E-state index in [1.807, 2.05) is 0 Å². The molecule has 0 fully saturated rings. The summed E-state index contributed by atoms with van der Waals surface area (Å²) < 4.78 is 60.9. The van der Waals surface area contributed by atoms with Crippen molar-refractivity contribution < 1.29 is 36.9 Å². The largest absolute Gasteiger partial charge is 0.481 e. The van der Waals surface area contributed by atoms with E-state index in [1.165, 1.54) is 26.4 Å². The van der Waals surface area contributed by atoms with Crippen molar-refractivity contribution in [3.8, 4) is 17.8 Å². The summed E-state index contributed by atoms with van der Waals surface area (Å²) in [6.07, 6.45) is -4.38. The number of carbonyl (C=O) groups is 1. The minimum absolute atomic E-state index is 0.0392. The Morgan fingerprint density at radius 1 is 1.20 bits per heavy atom. The fourth-order valence-electron chi connectivity index (χ4n) is 2.56. The van der Waals surface area contributed by atoms with E-state index < -0.39 is 36.1 Å². The first kappa shape index (κ1) is 18.8. The fourth-order valence-corrected chi connectivity index (χ4v) is 2.56. The topological polar surface area (TPSA) is 79.8 Å². The van der Waals surface area contributed by atoms with Gasteiger partial charge in [-0.15, -0.1) is 0 Å². The number of hydrogen-bond acceptors (Lipinski definition) is 7. The van der Waals surface area contributed by atoms with Crippen LogP contribution < -0.4 is 14.2 Å². The van der Waals surface area contributed by atoms with Crippen LogP contribution in [0.4, 0.5) is 13.2 Å². The maximum absolute atomic E-state index is 13.8. The van der Waals surface area contributed by atoms with Gasteiger partial charge in [0.15, 0.2) is 0 Å². The van der Waals surface area contributed by atoms with Crippen molar-refractivity contribution in [1.82, 2.24) is 9.97 Å². The molecule has 2 atom stereocenters. The molecule has 0 radical (unpaired) electrons. The summed E-state index contributed by atoms with van der Waals surface area (Å²) >= 11 is 0. The Labute approximate surface area is 141 Å². The summed E-state index contributed by atoms with van der Waals surface area (Å²) in [4.78, 5) is 19.7. The van der Waals surface area contributed by atoms with Gasteiger partial charge in [-0.2, -0.15) is 23.1 Å². The van der Waals surface area contributed by atoms with Crippen LogP contribution in [-0.4, -0.2) is 49.5 Å². The molecule has 10 heteroatoms. The predicted octanol–water partition coefficient (Wildman–Crippen LogP) is 2.31. The van der Waals surface area contributed by atoms with Crippen molar-refractivity contribution in [2.24, 2.45) is 5.41 Å². The molecule has 0 aliphatic heterocycles. The van der Waals surface area contributed by atoms with Crippen LogP contribution in [0, 0.1) is 5.41 Å². The Hall–Kier alpha value is -2.52. The predicted molar refractivity (Wildman–Crippen MR) is 78.4 cm³/mol. The molecule has 0 saturated carbocycles. The number of rotatable bonds is 5. The van der Waals surface area contributed by atoms with Gasteiger partial charge < -0.3 is 18.9 Å². The van der Waals surface area contributed by atoms with E-state index in [9.17, 15) is 18.0 Å². The number of ether oxygens (including phenoxy) is 4. The Bertz CT molecular complexity index is 643. The monoisotopic (exact) mass is 362 g/mol. The number of methoxy groups -OCH3 is 3. The molecule has 2 rings (SSSR count). The Morgan fingerprint density at radius 3 is 2.28 bits per heavy atom. The normalized spacial score (nSPS) is 23.0. The van der Waals surface area contributed by atoms with E-state index >= 15 is 0 Å². The van der Waals surface area contributed by atoms with Gasteiger partial charge in [0.25, 0.3) is 0 Å². The van der Waals surface area contributed by atoms with Gasteiger partial charge in [0, 0.05) is 0 Å². The van der Waals surface area contributed by atoms with E-state index in [0.717, 1.165) is 13.2 Å². The molecule has 0 bridgehead atoms. The second-order valence-electron chi connectivity index (χ2n) is 5.20. The zero-order valence-corrected chi connectivity index (χ0v) is 13.8. The van der Waals surface area contributed by atoms with Gasteiger partial charge in [-0.25, -0.2) is 0 Å². The third-order valence-corrected chi connectivity index (χ3v) is 3.87. The van der Waals surface area contributed by atoms with Crippen molar-refractivity contribution in [2.75, 3.05) is 21.3 Å². The Kier molecular flexibility index (Phi) is 5.39. The first-order valence-electron chi connectivity index (χ1n) is 7.24.